The van der Waals surface area contributed by atoms with E-state index in [-0.39, 0.29) is 12.5 Å². The Morgan fingerprint density at radius 2 is 2.04 bits per heavy atom. The summed E-state index contributed by atoms with van der Waals surface area (Å²) in [5, 5.41) is 6.26. The molecule has 3 rings (SSSR count). The first-order valence-corrected chi connectivity index (χ1v) is 8.50. The number of pyridine rings is 1. The average molecular weight is 337 g/mol. The Bertz CT molecular complexity index is 744. The summed E-state index contributed by atoms with van der Waals surface area (Å²) in [7, 11) is 1.69. The standard InChI is InChI=1S/C19H23N5O/c1-20-19(22-13-16-9-4-5-11-21-16)23-14-18(25)24-12-6-8-15-7-2-3-10-17(15)24/h2-5,7,9-11H,6,8,12-14H2,1H3,(H2,20,22,23). The first kappa shape index (κ1) is 17.0. The minimum Gasteiger partial charge on any atom is -0.351 e. The highest BCUT2D eigenvalue weighted by molar-refractivity contribution is 5.98. The van der Waals surface area contributed by atoms with Gasteiger partial charge in [-0.15, -0.1) is 0 Å². The normalized spacial score (nSPS) is 14.0. The van der Waals surface area contributed by atoms with E-state index in [4.69, 9.17) is 0 Å². The third-order valence-electron chi connectivity index (χ3n) is 4.21. The lowest BCUT2D eigenvalue weighted by Gasteiger charge is -2.29. The number of para-hydroxylation sites is 1. The summed E-state index contributed by atoms with van der Waals surface area (Å²) in [6.07, 6.45) is 3.78. The van der Waals surface area contributed by atoms with Crippen LogP contribution in [0, 0.1) is 0 Å². The Labute approximate surface area is 148 Å². The number of hydrogen-bond acceptors (Lipinski definition) is 3. The lowest BCUT2D eigenvalue weighted by atomic mass is 10.0. The minimum absolute atomic E-state index is 0.0490. The Balaban J connectivity index is 1.55. The van der Waals surface area contributed by atoms with Crippen LogP contribution in [-0.2, 0) is 17.8 Å². The number of carbonyl (C=O) groups excluding carboxylic acids is 1. The molecule has 130 valence electrons. The predicted octanol–water partition coefficient (Wildman–Crippen LogP) is 1.73. The zero-order valence-corrected chi connectivity index (χ0v) is 14.4. The molecule has 1 aliphatic rings. The molecule has 1 aromatic heterocycles. The number of rotatable bonds is 4. The van der Waals surface area contributed by atoms with Gasteiger partial charge in [-0.1, -0.05) is 24.3 Å². The number of nitrogens with zero attached hydrogens (tertiary/aromatic N) is 3. The number of guanidine groups is 1. The molecule has 0 saturated carbocycles. The largest absolute Gasteiger partial charge is 0.351 e. The first-order chi connectivity index (χ1) is 12.3. The van der Waals surface area contributed by atoms with Crippen molar-refractivity contribution >= 4 is 17.6 Å². The van der Waals surface area contributed by atoms with Crippen molar-refractivity contribution in [3.63, 3.8) is 0 Å². The highest BCUT2D eigenvalue weighted by atomic mass is 16.2. The number of nitrogens with one attached hydrogen (secondary N) is 2. The van der Waals surface area contributed by atoms with E-state index in [9.17, 15) is 4.79 Å². The average Bonchev–Trinajstić information content (AvgIpc) is 2.68. The quantitative estimate of drug-likeness (QED) is 0.658. The number of anilines is 1. The van der Waals surface area contributed by atoms with Gasteiger partial charge in [0.2, 0.25) is 5.91 Å². The summed E-state index contributed by atoms with van der Waals surface area (Å²) in [6.45, 7) is 1.52. The lowest BCUT2D eigenvalue weighted by Crippen LogP contribution is -2.46. The molecule has 6 heteroatoms. The smallest absolute Gasteiger partial charge is 0.246 e. The zero-order chi connectivity index (χ0) is 17.5. The van der Waals surface area contributed by atoms with E-state index in [0.29, 0.717) is 12.5 Å². The van der Waals surface area contributed by atoms with Crippen molar-refractivity contribution < 1.29 is 4.79 Å². The van der Waals surface area contributed by atoms with Crippen LogP contribution in [0.15, 0.2) is 53.7 Å². The van der Waals surface area contributed by atoms with Gasteiger partial charge >= 0.3 is 0 Å². The molecule has 2 N–H and O–H groups in total. The number of aryl methyl sites for hydroxylation is 1. The SMILES string of the molecule is CN=C(NCC(=O)N1CCCc2ccccc21)NCc1ccccn1. The van der Waals surface area contributed by atoms with Gasteiger partial charge in [-0.2, -0.15) is 0 Å². The van der Waals surface area contributed by atoms with E-state index in [0.717, 1.165) is 30.8 Å². The molecular weight excluding hydrogens is 314 g/mol. The van der Waals surface area contributed by atoms with Crippen LogP contribution in [-0.4, -0.2) is 37.0 Å². The fourth-order valence-electron chi connectivity index (χ4n) is 2.95. The molecule has 0 bridgehead atoms. The number of amides is 1. The highest BCUT2D eigenvalue weighted by Crippen LogP contribution is 2.26. The maximum Gasteiger partial charge on any atom is 0.246 e. The fourth-order valence-corrected chi connectivity index (χ4v) is 2.95. The Kier molecular flexibility index (Phi) is 5.61. The number of fused-ring (bicyclic) bond motifs is 1. The highest BCUT2D eigenvalue weighted by Gasteiger charge is 2.21. The molecule has 0 fully saturated rings. The summed E-state index contributed by atoms with van der Waals surface area (Å²) in [5.41, 5.74) is 3.18. The van der Waals surface area contributed by atoms with Crippen LogP contribution >= 0.6 is 0 Å². The molecule has 6 nitrogen and oxygen atoms in total. The fraction of sp³-hybridized carbons (Fsp3) is 0.316. The first-order valence-electron chi connectivity index (χ1n) is 8.50. The number of aliphatic imine (C=N–C) groups is 1. The molecule has 25 heavy (non-hydrogen) atoms. The number of hydrogen-bond donors (Lipinski definition) is 2. The van der Waals surface area contributed by atoms with Crippen molar-refractivity contribution in [3.8, 4) is 0 Å². The molecule has 1 aromatic carbocycles. The Hall–Kier alpha value is -2.89. The van der Waals surface area contributed by atoms with Crippen LogP contribution < -0.4 is 15.5 Å². The summed E-state index contributed by atoms with van der Waals surface area (Å²) < 4.78 is 0. The second kappa shape index (κ2) is 8.28. The van der Waals surface area contributed by atoms with Crippen molar-refractivity contribution in [1.29, 1.82) is 0 Å². The van der Waals surface area contributed by atoms with Gasteiger partial charge in [-0.25, -0.2) is 0 Å². The Morgan fingerprint density at radius 3 is 2.84 bits per heavy atom. The van der Waals surface area contributed by atoms with Gasteiger partial charge in [0.25, 0.3) is 0 Å². The number of carbonyl (C=O) groups is 1. The van der Waals surface area contributed by atoms with Crippen molar-refractivity contribution in [3.05, 3.63) is 59.9 Å². The summed E-state index contributed by atoms with van der Waals surface area (Å²) in [6, 6.07) is 13.9. The van der Waals surface area contributed by atoms with Gasteiger partial charge < -0.3 is 15.5 Å². The van der Waals surface area contributed by atoms with Crippen molar-refractivity contribution in [1.82, 2.24) is 15.6 Å². The molecule has 0 radical (unpaired) electrons. The summed E-state index contributed by atoms with van der Waals surface area (Å²) in [5.74, 6) is 0.636. The second-order valence-corrected chi connectivity index (χ2v) is 5.88. The van der Waals surface area contributed by atoms with Gasteiger partial charge in [0.05, 0.1) is 18.8 Å². The lowest BCUT2D eigenvalue weighted by molar-refractivity contribution is -0.117. The van der Waals surface area contributed by atoms with E-state index in [1.807, 2.05) is 41.3 Å². The van der Waals surface area contributed by atoms with E-state index < -0.39 is 0 Å². The predicted molar refractivity (Wildman–Crippen MR) is 99.6 cm³/mol. The zero-order valence-electron chi connectivity index (χ0n) is 14.4. The topological polar surface area (TPSA) is 69.6 Å². The maximum absolute atomic E-state index is 12.6. The van der Waals surface area contributed by atoms with Crippen LogP contribution in [0.1, 0.15) is 17.7 Å². The van der Waals surface area contributed by atoms with Crippen LogP contribution in [0.5, 0.6) is 0 Å². The van der Waals surface area contributed by atoms with Crippen LogP contribution in [0.25, 0.3) is 0 Å². The maximum atomic E-state index is 12.6. The van der Waals surface area contributed by atoms with Gasteiger partial charge in [0.1, 0.15) is 0 Å². The van der Waals surface area contributed by atoms with Gasteiger partial charge in [0.15, 0.2) is 5.96 Å². The van der Waals surface area contributed by atoms with Crippen molar-refractivity contribution in [2.24, 2.45) is 4.99 Å². The Morgan fingerprint density at radius 1 is 1.20 bits per heavy atom. The molecule has 1 aliphatic heterocycles. The minimum atomic E-state index is 0.0490. The van der Waals surface area contributed by atoms with Crippen molar-refractivity contribution in [2.45, 2.75) is 19.4 Å². The van der Waals surface area contributed by atoms with Crippen LogP contribution in [0.2, 0.25) is 0 Å². The molecule has 0 aliphatic carbocycles. The molecule has 2 heterocycles. The third kappa shape index (κ3) is 4.35. The molecule has 0 spiro atoms. The van der Waals surface area contributed by atoms with E-state index in [1.54, 1.807) is 13.2 Å². The monoisotopic (exact) mass is 337 g/mol. The molecule has 1 amide bonds. The number of benzene rings is 1. The van der Waals surface area contributed by atoms with Gasteiger partial charge in [-0.05, 0) is 36.6 Å². The number of aromatic nitrogens is 1. The molecule has 0 saturated heterocycles. The van der Waals surface area contributed by atoms with Crippen LogP contribution in [0.3, 0.4) is 0 Å². The molecule has 0 atom stereocenters. The third-order valence-corrected chi connectivity index (χ3v) is 4.21. The van der Waals surface area contributed by atoms with E-state index >= 15 is 0 Å². The molecular formula is C19H23N5O. The molecule has 2 aromatic rings. The molecule has 0 unspecified atom stereocenters. The summed E-state index contributed by atoms with van der Waals surface area (Å²) >= 11 is 0. The van der Waals surface area contributed by atoms with Gasteiger partial charge in [-0.3, -0.25) is 14.8 Å². The second-order valence-electron chi connectivity index (χ2n) is 5.88. The van der Waals surface area contributed by atoms with Gasteiger partial charge in [0, 0.05) is 25.5 Å². The van der Waals surface area contributed by atoms with E-state index in [2.05, 4.69) is 26.7 Å². The summed E-state index contributed by atoms with van der Waals surface area (Å²) in [4.78, 5) is 22.9. The van der Waals surface area contributed by atoms with Crippen LogP contribution in [0.4, 0.5) is 5.69 Å². The van der Waals surface area contributed by atoms with E-state index in [1.165, 1.54) is 5.56 Å². The van der Waals surface area contributed by atoms with Crippen molar-refractivity contribution in [2.75, 3.05) is 25.0 Å².